The van der Waals surface area contributed by atoms with Crippen LogP contribution >= 0.6 is 0 Å². The van der Waals surface area contributed by atoms with Gasteiger partial charge >= 0.3 is 0 Å². The van der Waals surface area contributed by atoms with Gasteiger partial charge in [0, 0.05) is 24.4 Å². The lowest BCUT2D eigenvalue weighted by molar-refractivity contribution is -0.0312. The van der Waals surface area contributed by atoms with E-state index in [1.54, 1.807) is 14.2 Å². The highest BCUT2D eigenvalue weighted by atomic mass is 16.7. The zero-order valence-electron chi connectivity index (χ0n) is 16.3. The maximum absolute atomic E-state index is 6.22. The number of benzene rings is 2. The fraction of sp³-hybridized carbons (Fsp3) is 0.364. The molecule has 1 atom stereocenters. The van der Waals surface area contributed by atoms with E-state index in [-0.39, 0.29) is 13.0 Å². The van der Waals surface area contributed by atoms with Crippen LogP contribution in [-0.2, 0) is 11.2 Å². The summed E-state index contributed by atoms with van der Waals surface area (Å²) in [5.41, 5.74) is 5.66. The molecule has 1 unspecified atom stereocenters. The van der Waals surface area contributed by atoms with Crippen LogP contribution in [0.4, 0.5) is 0 Å². The summed E-state index contributed by atoms with van der Waals surface area (Å²) in [6.45, 7) is 3.74. The average Bonchev–Trinajstić information content (AvgIpc) is 3.18. The molecular formula is C22H23NO5. The summed E-state index contributed by atoms with van der Waals surface area (Å²) in [5, 5.41) is 0. The van der Waals surface area contributed by atoms with Crippen LogP contribution in [0.5, 0.6) is 23.0 Å². The molecule has 0 aliphatic carbocycles. The Hall–Kier alpha value is -2.86. The van der Waals surface area contributed by atoms with E-state index >= 15 is 0 Å². The smallest absolute Gasteiger partial charge is 0.231 e. The first kappa shape index (κ1) is 17.3. The molecule has 0 bridgehead atoms. The van der Waals surface area contributed by atoms with Crippen molar-refractivity contribution in [2.24, 2.45) is 0 Å². The predicted molar refractivity (Wildman–Crippen MR) is 105 cm³/mol. The second-order valence-corrected chi connectivity index (χ2v) is 6.95. The number of nitrogens with zero attached hydrogens (tertiary/aromatic N) is 1. The largest absolute Gasteiger partial charge is 0.493 e. The third-order valence-corrected chi connectivity index (χ3v) is 5.57. The fourth-order valence-corrected chi connectivity index (χ4v) is 4.33. The van der Waals surface area contributed by atoms with E-state index in [1.807, 2.05) is 13.0 Å². The Morgan fingerprint density at radius 1 is 1.11 bits per heavy atom. The maximum Gasteiger partial charge on any atom is 0.231 e. The number of methoxy groups -OCH3 is 2. The Balaban J connectivity index is 1.71. The van der Waals surface area contributed by atoms with Crippen molar-refractivity contribution in [1.29, 1.82) is 0 Å². The number of hydrogen-bond acceptors (Lipinski definition) is 6. The Morgan fingerprint density at radius 2 is 1.93 bits per heavy atom. The van der Waals surface area contributed by atoms with Gasteiger partial charge in [0.1, 0.15) is 0 Å². The average molecular weight is 381 g/mol. The van der Waals surface area contributed by atoms with Crippen LogP contribution in [-0.4, -0.2) is 39.1 Å². The molecule has 0 N–H and O–H groups in total. The van der Waals surface area contributed by atoms with Gasteiger partial charge in [0.05, 0.1) is 19.8 Å². The first-order valence-corrected chi connectivity index (χ1v) is 9.52. The molecule has 6 nitrogen and oxygen atoms in total. The fourth-order valence-electron chi connectivity index (χ4n) is 4.33. The van der Waals surface area contributed by atoms with E-state index in [9.17, 15) is 0 Å². The highest BCUT2D eigenvalue weighted by Gasteiger charge is 2.37. The number of hydrogen-bond donors (Lipinski definition) is 0. The van der Waals surface area contributed by atoms with E-state index in [1.165, 1.54) is 11.1 Å². The summed E-state index contributed by atoms with van der Waals surface area (Å²) in [4.78, 5) is 2.30. The van der Waals surface area contributed by atoms with Crippen molar-refractivity contribution >= 4 is 11.8 Å². The van der Waals surface area contributed by atoms with Gasteiger partial charge in [-0.1, -0.05) is 6.07 Å². The summed E-state index contributed by atoms with van der Waals surface area (Å²) >= 11 is 0. The quantitative estimate of drug-likeness (QED) is 0.802. The highest BCUT2D eigenvalue weighted by molar-refractivity contribution is 5.87. The maximum atomic E-state index is 6.22. The Morgan fingerprint density at radius 3 is 2.68 bits per heavy atom. The van der Waals surface area contributed by atoms with E-state index in [4.69, 9.17) is 23.7 Å². The van der Waals surface area contributed by atoms with E-state index < -0.39 is 0 Å². The number of rotatable bonds is 4. The second kappa shape index (κ2) is 6.63. The monoisotopic (exact) mass is 381 g/mol. The third kappa shape index (κ3) is 2.44. The molecule has 0 amide bonds. The van der Waals surface area contributed by atoms with Gasteiger partial charge in [0.15, 0.2) is 29.2 Å². The van der Waals surface area contributed by atoms with E-state index in [2.05, 4.69) is 29.2 Å². The van der Waals surface area contributed by atoms with Gasteiger partial charge in [-0.3, -0.25) is 0 Å². The van der Waals surface area contributed by atoms with Crippen LogP contribution in [0.1, 0.15) is 35.4 Å². The first-order valence-electron chi connectivity index (χ1n) is 9.52. The highest BCUT2D eigenvalue weighted by Crippen LogP contribution is 2.50. The van der Waals surface area contributed by atoms with Crippen molar-refractivity contribution in [3.8, 4) is 23.0 Å². The Labute approximate surface area is 164 Å². The van der Waals surface area contributed by atoms with Crippen LogP contribution in [0.15, 0.2) is 24.3 Å². The predicted octanol–water partition coefficient (Wildman–Crippen LogP) is 3.84. The normalized spacial score (nSPS) is 18.8. The van der Waals surface area contributed by atoms with Gasteiger partial charge in [-0.2, -0.15) is 0 Å². The summed E-state index contributed by atoms with van der Waals surface area (Å²) in [7, 11) is 3.33. The molecule has 2 aromatic rings. The first-order chi connectivity index (χ1) is 13.7. The van der Waals surface area contributed by atoms with Gasteiger partial charge in [0.2, 0.25) is 6.79 Å². The van der Waals surface area contributed by atoms with Crippen LogP contribution in [0, 0.1) is 0 Å². The van der Waals surface area contributed by atoms with Crippen LogP contribution < -0.4 is 18.9 Å². The molecule has 0 radical (unpaired) electrons. The molecule has 5 rings (SSSR count). The summed E-state index contributed by atoms with van der Waals surface area (Å²) in [6, 6.07) is 8.20. The molecule has 0 spiro atoms. The van der Waals surface area contributed by atoms with Crippen molar-refractivity contribution in [2.75, 3.05) is 34.2 Å². The van der Waals surface area contributed by atoms with E-state index in [0.717, 1.165) is 47.0 Å². The SMILES string of the molecule is CCOC1c2c(ccc(OC)c2OC)C=C2c3cc4c(cc3CCN21)OCO4. The lowest BCUT2D eigenvalue weighted by atomic mass is 9.89. The molecule has 3 heterocycles. The molecule has 28 heavy (non-hydrogen) atoms. The molecule has 146 valence electrons. The van der Waals surface area contributed by atoms with Crippen molar-refractivity contribution in [3.05, 3.63) is 46.5 Å². The Kier molecular flexibility index (Phi) is 4.09. The van der Waals surface area contributed by atoms with Crippen LogP contribution in [0.25, 0.3) is 11.8 Å². The molecule has 0 saturated heterocycles. The lowest BCUT2D eigenvalue weighted by Gasteiger charge is -2.42. The molecule has 0 fully saturated rings. The minimum atomic E-state index is -0.233. The lowest BCUT2D eigenvalue weighted by Crippen LogP contribution is -2.37. The summed E-state index contributed by atoms with van der Waals surface area (Å²) in [5.74, 6) is 3.07. The van der Waals surface area contributed by atoms with Crippen molar-refractivity contribution in [2.45, 2.75) is 19.6 Å². The van der Waals surface area contributed by atoms with Crippen molar-refractivity contribution in [1.82, 2.24) is 4.90 Å². The van der Waals surface area contributed by atoms with Gasteiger partial charge in [-0.15, -0.1) is 0 Å². The Bertz CT molecular complexity index is 968. The zero-order valence-corrected chi connectivity index (χ0v) is 16.3. The van der Waals surface area contributed by atoms with Crippen molar-refractivity contribution in [3.63, 3.8) is 0 Å². The standard InChI is InChI=1S/C22H23NO5/c1-4-26-22-20-14(5-6-17(24-2)21(20)25-3)9-16-15-11-19-18(27-12-28-19)10-13(15)7-8-23(16)22/h5-6,9-11,22H,4,7-8,12H2,1-3H3. The summed E-state index contributed by atoms with van der Waals surface area (Å²) in [6.07, 6.45) is 2.88. The molecule has 2 aromatic carbocycles. The molecule has 6 heteroatoms. The van der Waals surface area contributed by atoms with Gasteiger partial charge in [-0.25, -0.2) is 0 Å². The molecule has 3 aliphatic heterocycles. The van der Waals surface area contributed by atoms with Gasteiger partial charge in [0.25, 0.3) is 0 Å². The molecular weight excluding hydrogens is 358 g/mol. The molecule has 0 saturated carbocycles. The topological polar surface area (TPSA) is 49.4 Å². The van der Waals surface area contributed by atoms with Crippen LogP contribution in [0.2, 0.25) is 0 Å². The third-order valence-electron chi connectivity index (χ3n) is 5.57. The minimum Gasteiger partial charge on any atom is -0.493 e. The summed E-state index contributed by atoms with van der Waals surface area (Å²) < 4.78 is 28.6. The van der Waals surface area contributed by atoms with Gasteiger partial charge < -0.3 is 28.6 Å². The zero-order chi connectivity index (χ0) is 19.3. The molecule has 3 aliphatic rings. The van der Waals surface area contributed by atoms with Crippen molar-refractivity contribution < 1.29 is 23.7 Å². The minimum absolute atomic E-state index is 0.233. The molecule has 0 aromatic heterocycles. The van der Waals surface area contributed by atoms with E-state index in [0.29, 0.717) is 12.4 Å². The second-order valence-electron chi connectivity index (χ2n) is 6.95. The van der Waals surface area contributed by atoms with Crippen LogP contribution in [0.3, 0.4) is 0 Å². The number of ether oxygens (including phenoxy) is 5. The number of fused-ring (bicyclic) bond motifs is 5. The van der Waals surface area contributed by atoms with Gasteiger partial charge in [-0.05, 0) is 48.7 Å².